The van der Waals surface area contributed by atoms with Crippen LogP contribution in [0.25, 0.3) is 0 Å². The van der Waals surface area contributed by atoms with Crippen molar-refractivity contribution in [1.29, 1.82) is 0 Å². The zero-order valence-electron chi connectivity index (χ0n) is 12.2. The Labute approximate surface area is 112 Å². The normalized spacial score (nSPS) is 11.2. The molecule has 0 spiro atoms. The van der Waals surface area contributed by atoms with Gasteiger partial charge >= 0.3 is 0 Å². The first-order valence-electron chi connectivity index (χ1n) is 6.12. The van der Waals surface area contributed by atoms with Crippen LogP contribution in [-0.2, 0) is 0 Å². The maximum Gasteiger partial charge on any atom is 0.129 e. The molecule has 96 valence electrons. The highest BCUT2D eigenvalue weighted by molar-refractivity contribution is 6.83. The van der Waals surface area contributed by atoms with Crippen molar-refractivity contribution in [3.05, 3.63) is 29.3 Å². The molecule has 0 radical (unpaired) electrons. The molecule has 0 fully saturated rings. The summed E-state index contributed by atoms with van der Waals surface area (Å²) in [5.41, 5.74) is 6.62. The van der Waals surface area contributed by atoms with E-state index >= 15 is 0 Å². The molecule has 2 nitrogen and oxygen atoms in total. The Bertz CT molecular complexity index is 499. The van der Waals surface area contributed by atoms with E-state index in [4.69, 9.17) is 0 Å². The first kappa shape index (κ1) is 14.5. The molecule has 3 heteroatoms. The van der Waals surface area contributed by atoms with E-state index in [-0.39, 0.29) is 0 Å². The molecular weight excluding hydrogens is 236 g/mol. The predicted octanol–water partition coefficient (Wildman–Crippen LogP) is 3.45. The largest absolute Gasteiger partial charge is 0.369 e. The molecule has 0 aliphatic rings. The van der Waals surface area contributed by atoms with Gasteiger partial charge in [-0.05, 0) is 30.7 Å². The molecule has 0 saturated heterocycles. The molecule has 1 aromatic rings. The highest BCUT2D eigenvalue weighted by Gasteiger charge is 2.07. The second kappa shape index (κ2) is 5.88. The third-order valence-corrected chi connectivity index (χ3v) is 3.08. The standard InChI is InChI=1S/C15H22N2Si/c1-13-11-14(9-10-18(4,5)6)7-8-15(13)16-12-17(2)3/h7-8,11-12H,1-6H3. The van der Waals surface area contributed by atoms with Crippen LogP contribution in [0.2, 0.25) is 19.6 Å². The molecule has 0 heterocycles. The van der Waals surface area contributed by atoms with Crippen molar-refractivity contribution in [3.8, 4) is 11.5 Å². The van der Waals surface area contributed by atoms with Gasteiger partial charge in [0.15, 0.2) is 0 Å². The molecule has 0 unspecified atom stereocenters. The summed E-state index contributed by atoms with van der Waals surface area (Å²) >= 11 is 0. The summed E-state index contributed by atoms with van der Waals surface area (Å²) in [5.74, 6) is 3.27. The van der Waals surface area contributed by atoms with E-state index in [0.717, 1.165) is 16.8 Å². The van der Waals surface area contributed by atoms with Crippen molar-refractivity contribution >= 4 is 20.1 Å². The Morgan fingerprint density at radius 3 is 2.39 bits per heavy atom. The fourth-order valence-corrected chi connectivity index (χ4v) is 1.83. The number of aliphatic imine (C=N–C) groups is 1. The summed E-state index contributed by atoms with van der Waals surface area (Å²) in [6.07, 6.45) is 1.82. The molecule has 18 heavy (non-hydrogen) atoms. The molecule has 1 aromatic carbocycles. The summed E-state index contributed by atoms with van der Waals surface area (Å²) in [5, 5.41) is 0. The van der Waals surface area contributed by atoms with E-state index in [9.17, 15) is 0 Å². The van der Waals surface area contributed by atoms with Crippen LogP contribution in [0.4, 0.5) is 5.69 Å². The molecule has 1 rings (SSSR count). The van der Waals surface area contributed by atoms with Gasteiger partial charge in [-0.1, -0.05) is 25.6 Å². The zero-order valence-corrected chi connectivity index (χ0v) is 13.2. The number of benzene rings is 1. The lowest BCUT2D eigenvalue weighted by molar-refractivity contribution is 0.643. The average Bonchev–Trinajstić information content (AvgIpc) is 2.24. The molecule has 0 amide bonds. The lowest BCUT2D eigenvalue weighted by atomic mass is 10.1. The minimum absolute atomic E-state index is 1.00. The fourth-order valence-electron chi connectivity index (χ4n) is 1.32. The molecule has 0 saturated carbocycles. The molecular formula is C15H22N2Si. The van der Waals surface area contributed by atoms with Gasteiger partial charge in [-0.3, -0.25) is 0 Å². The van der Waals surface area contributed by atoms with Crippen LogP contribution in [0, 0.1) is 18.4 Å². The Morgan fingerprint density at radius 1 is 1.22 bits per heavy atom. The smallest absolute Gasteiger partial charge is 0.129 e. The van der Waals surface area contributed by atoms with Gasteiger partial charge in [-0.15, -0.1) is 5.54 Å². The van der Waals surface area contributed by atoms with Crippen LogP contribution in [0.3, 0.4) is 0 Å². The van der Waals surface area contributed by atoms with E-state index < -0.39 is 8.07 Å². The van der Waals surface area contributed by atoms with Crippen LogP contribution in [0.15, 0.2) is 23.2 Å². The molecule has 0 N–H and O–H groups in total. The Morgan fingerprint density at radius 2 is 1.89 bits per heavy atom. The molecule has 0 bridgehead atoms. The minimum Gasteiger partial charge on any atom is -0.369 e. The highest BCUT2D eigenvalue weighted by atomic mass is 28.3. The summed E-state index contributed by atoms with van der Waals surface area (Å²) in [4.78, 5) is 6.35. The Hall–Kier alpha value is -1.53. The summed E-state index contributed by atoms with van der Waals surface area (Å²) < 4.78 is 0. The Balaban J connectivity index is 2.95. The van der Waals surface area contributed by atoms with Crippen molar-refractivity contribution in [2.24, 2.45) is 4.99 Å². The lowest BCUT2D eigenvalue weighted by Crippen LogP contribution is -2.16. The first-order valence-corrected chi connectivity index (χ1v) is 9.62. The maximum absolute atomic E-state index is 4.42. The van der Waals surface area contributed by atoms with Gasteiger partial charge in [0.2, 0.25) is 0 Å². The summed E-state index contributed by atoms with van der Waals surface area (Å²) in [6, 6.07) is 6.18. The van der Waals surface area contributed by atoms with Gasteiger partial charge in [0.05, 0.1) is 12.0 Å². The monoisotopic (exact) mass is 258 g/mol. The molecule has 0 aliphatic heterocycles. The zero-order chi connectivity index (χ0) is 13.8. The lowest BCUT2D eigenvalue weighted by Gasteiger charge is -2.06. The van der Waals surface area contributed by atoms with E-state index in [2.05, 4.69) is 49.1 Å². The van der Waals surface area contributed by atoms with Gasteiger partial charge < -0.3 is 4.90 Å². The van der Waals surface area contributed by atoms with E-state index in [1.54, 1.807) is 0 Å². The highest BCUT2D eigenvalue weighted by Crippen LogP contribution is 2.19. The van der Waals surface area contributed by atoms with Crippen molar-refractivity contribution < 1.29 is 0 Å². The fraction of sp³-hybridized carbons (Fsp3) is 0.400. The van der Waals surface area contributed by atoms with Gasteiger partial charge in [0.1, 0.15) is 8.07 Å². The maximum atomic E-state index is 4.42. The van der Waals surface area contributed by atoms with Crippen molar-refractivity contribution in [3.63, 3.8) is 0 Å². The number of hydrogen-bond donors (Lipinski definition) is 0. The van der Waals surface area contributed by atoms with Crippen LogP contribution >= 0.6 is 0 Å². The van der Waals surface area contributed by atoms with Crippen LogP contribution in [0.5, 0.6) is 0 Å². The van der Waals surface area contributed by atoms with Crippen LogP contribution in [0.1, 0.15) is 11.1 Å². The number of nitrogens with zero attached hydrogens (tertiary/aromatic N) is 2. The Kier molecular flexibility index (Phi) is 4.74. The van der Waals surface area contributed by atoms with Crippen LogP contribution in [-0.4, -0.2) is 33.4 Å². The molecule has 0 aromatic heterocycles. The van der Waals surface area contributed by atoms with Gasteiger partial charge in [0, 0.05) is 19.7 Å². The summed E-state index contributed by atoms with van der Waals surface area (Å²) in [7, 11) is 2.63. The van der Waals surface area contributed by atoms with E-state index in [0.29, 0.717) is 0 Å². The predicted molar refractivity (Wildman–Crippen MR) is 83.2 cm³/mol. The molecule has 0 aliphatic carbocycles. The number of rotatable bonds is 2. The van der Waals surface area contributed by atoms with Crippen LogP contribution < -0.4 is 0 Å². The van der Waals surface area contributed by atoms with Gasteiger partial charge in [-0.2, -0.15) is 0 Å². The van der Waals surface area contributed by atoms with Gasteiger partial charge in [0.25, 0.3) is 0 Å². The summed E-state index contributed by atoms with van der Waals surface area (Å²) in [6.45, 7) is 8.83. The minimum atomic E-state index is -1.30. The third-order valence-electron chi connectivity index (χ3n) is 2.21. The topological polar surface area (TPSA) is 15.6 Å². The van der Waals surface area contributed by atoms with Crippen molar-refractivity contribution in [2.45, 2.75) is 26.6 Å². The number of aryl methyl sites for hydroxylation is 1. The van der Waals surface area contributed by atoms with E-state index in [1.165, 1.54) is 0 Å². The van der Waals surface area contributed by atoms with E-state index in [1.807, 2.05) is 37.5 Å². The second-order valence-electron chi connectivity index (χ2n) is 5.71. The SMILES string of the molecule is Cc1cc(C#C[Si](C)(C)C)ccc1N=CN(C)C. The number of hydrogen-bond acceptors (Lipinski definition) is 1. The first-order chi connectivity index (χ1) is 8.28. The quantitative estimate of drug-likeness (QED) is 0.343. The van der Waals surface area contributed by atoms with Crippen molar-refractivity contribution in [2.75, 3.05) is 14.1 Å². The van der Waals surface area contributed by atoms with Gasteiger partial charge in [-0.25, -0.2) is 4.99 Å². The molecule has 0 atom stereocenters. The third kappa shape index (κ3) is 5.20. The average molecular weight is 258 g/mol. The second-order valence-corrected chi connectivity index (χ2v) is 10.5. The van der Waals surface area contributed by atoms with Crippen molar-refractivity contribution in [1.82, 2.24) is 4.90 Å².